The molecule has 1 fully saturated rings. The van der Waals surface area contributed by atoms with Gasteiger partial charge in [0.1, 0.15) is 0 Å². The van der Waals surface area contributed by atoms with Crippen LogP contribution in [0.3, 0.4) is 0 Å². The Kier molecular flexibility index (Phi) is 3.45. The van der Waals surface area contributed by atoms with Crippen molar-refractivity contribution in [1.82, 2.24) is 5.32 Å². The lowest BCUT2D eigenvalue weighted by atomic mass is 10.0. The van der Waals surface area contributed by atoms with Crippen molar-refractivity contribution in [3.05, 3.63) is 34.9 Å². The normalized spacial score (nSPS) is 30.3. The Morgan fingerprint density at radius 1 is 1.19 bits per heavy atom. The predicted molar refractivity (Wildman–Crippen MR) is 69.1 cm³/mol. The highest BCUT2D eigenvalue weighted by atomic mass is 32.2. The van der Waals surface area contributed by atoms with E-state index in [4.69, 9.17) is 0 Å². The van der Waals surface area contributed by atoms with Crippen LogP contribution in [0.1, 0.15) is 29.7 Å². The van der Waals surface area contributed by atoms with Gasteiger partial charge in [0.05, 0.1) is 0 Å². The number of rotatable bonds is 1. The Labute approximate surface area is 99.9 Å². The summed E-state index contributed by atoms with van der Waals surface area (Å²) in [4.78, 5) is 0. The highest BCUT2D eigenvalue weighted by Crippen LogP contribution is 2.21. The molecule has 0 aliphatic carbocycles. The van der Waals surface area contributed by atoms with Crippen LogP contribution in [0.2, 0.25) is 0 Å². The van der Waals surface area contributed by atoms with Gasteiger partial charge in [-0.05, 0) is 26.3 Å². The predicted octanol–water partition coefficient (Wildman–Crippen LogP) is 2.08. The van der Waals surface area contributed by atoms with Crippen molar-refractivity contribution in [2.45, 2.75) is 32.9 Å². The molecule has 88 valence electrons. The van der Waals surface area contributed by atoms with E-state index in [1.165, 1.54) is 16.7 Å². The third-order valence-corrected chi connectivity index (χ3v) is 4.50. The molecule has 3 atom stereocenters. The van der Waals surface area contributed by atoms with Gasteiger partial charge in [-0.15, -0.1) is 0 Å². The van der Waals surface area contributed by atoms with Gasteiger partial charge in [0.2, 0.25) is 0 Å². The molecule has 1 aliphatic heterocycles. The van der Waals surface area contributed by atoms with E-state index >= 15 is 0 Å². The summed E-state index contributed by atoms with van der Waals surface area (Å²) < 4.78 is 11.7. The smallest absolute Gasteiger partial charge is 0.0439 e. The van der Waals surface area contributed by atoms with Gasteiger partial charge in [-0.2, -0.15) is 0 Å². The van der Waals surface area contributed by atoms with Gasteiger partial charge in [0.15, 0.2) is 0 Å². The number of benzene rings is 1. The van der Waals surface area contributed by atoms with Crippen molar-refractivity contribution in [2.75, 3.05) is 11.5 Å². The Balaban J connectivity index is 2.25. The standard InChI is InChI=1S/C13H19NOS/c1-9-4-10(2)6-12(5-9)13-8-16(15)7-11(3)14-13/h4-6,11,13-14H,7-8H2,1-3H3. The molecule has 0 radical (unpaired) electrons. The van der Waals surface area contributed by atoms with Crippen molar-refractivity contribution in [3.63, 3.8) is 0 Å². The summed E-state index contributed by atoms with van der Waals surface area (Å²) in [7, 11) is -0.677. The first-order valence-electron chi connectivity index (χ1n) is 5.74. The molecule has 1 aromatic carbocycles. The Morgan fingerprint density at radius 2 is 1.81 bits per heavy atom. The van der Waals surface area contributed by atoms with E-state index in [0.29, 0.717) is 6.04 Å². The molecule has 1 N–H and O–H groups in total. The maximum atomic E-state index is 11.7. The fourth-order valence-electron chi connectivity index (χ4n) is 2.38. The van der Waals surface area contributed by atoms with Crippen LogP contribution in [0, 0.1) is 13.8 Å². The summed E-state index contributed by atoms with van der Waals surface area (Å²) in [5.41, 5.74) is 3.83. The first-order chi connectivity index (χ1) is 7.54. The highest BCUT2D eigenvalue weighted by molar-refractivity contribution is 7.85. The first kappa shape index (κ1) is 11.8. The lowest BCUT2D eigenvalue weighted by Crippen LogP contribution is -2.43. The highest BCUT2D eigenvalue weighted by Gasteiger charge is 2.24. The second-order valence-corrected chi connectivity index (χ2v) is 6.36. The van der Waals surface area contributed by atoms with Crippen LogP contribution in [0.25, 0.3) is 0 Å². The molecule has 0 spiro atoms. The van der Waals surface area contributed by atoms with Crippen LogP contribution >= 0.6 is 0 Å². The molecule has 2 nitrogen and oxygen atoms in total. The molecule has 2 rings (SSSR count). The zero-order valence-corrected chi connectivity index (χ0v) is 10.9. The van der Waals surface area contributed by atoms with Crippen molar-refractivity contribution in [2.24, 2.45) is 0 Å². The van der Waals surface area contributed by atoms with E-state index in [0.717, 1.165) is 11.5 Å². The zero-order chi connectivity index (χ0) is 11.7. The summed E-state index contributed by atoms with van der Waals surface area (Å²) in [6.07, 6.45) is 0. The maximum Gasteiger partial charge on any atom is 0.0439 e. The van der Waals surface area contributed by atoms with Crippen LogP contribution in [-0.2, 0) is 10.8 Å². The van der Waals surface area contributed by atoms with Crippen LogP contribution in [0.5, 0.6) is 0 Å². The minimum Gasteiger partial charge on any atom is -0.306 e. The molecular formula is C13H19NOS. The van der Waals surface area contributed by atoms with Gasteiger partial charge in [0.25, 0.3) is 0 Å². The monoisotopic (exact) mass is 237 g/mol. The van der Waals surface area contributed by atoms with E-state index in [-0.39, 0.29) is 6.04 Å². The molecule has 3 heteroatoms. The van der Waals surface area contributed by atoms with Crippen molar-refractivity contribution in [1.29, 1.82) is 0 Å². The Hall–Kier alpha value is -0.670. The Bertz CT molecular complexity index is 396. The second-order valence-electron chi connectivity index (χ2n) is 4.81. The summed E-state index contributed by atoms with van der Waals surface area (Å²) in [5, 5.41) is 3.52. The van der Waals surface area contributed by atoms with Gasteiger partial charge in [-0.25, -0.2) is 0 Å². The topological polar surface area (TPSA) is 29.1 Å². The van der Waals surface area contributed by atoms with Crippen LogP contribution < -0.4 is 5.32 Å². The fraction of sp³-hybridized carbons (Fsp3) is 0.538. The number of hydrogen-bond acceptors (Lipinski definition) is 2. The van der Waals surface area contributed by atoms with E-state index < -0.39 is 10.8 Å². The van der Waals surface area contributed by atoms with Crippen LogP contribution in [0.4, 0.5) is 0 Å². The largest absolute Gasteiger partial charge is 0.306 e. The minimum atomic E-state index is -0.677. The molecule has 0 amide bonds. The molecule has 0 saturated carbocycles. The molecule has 16 heavy (non-hydrogen) atoms. The van der Waals surface area contributed by atoms with Crippen LogP contribution in [0.15, 0.2) is 18.2 Å². The first-order valence-corrected chi connectivity index (χ1v) is 7.22. The average molecular weight is 237 g/mol. The molecule has 1 aliphatic rings. The lowest BCUT2D eigenvalue weighted by Gasteiger charge is -2.29. The molecule has 1 saturated heterocycles. The second kappa shape index (κ2) is 4.68. The van der Waals surface area contributed by atoms with Gasteiger partial charge in [-0.1, -0.05) is 29.3 Å². The molecule has 0 bridgehead atoms. The van der Waals surface area contributed by atoms with Crippen molar-refractivity contribution < 1.29 is 4.21 Å². The van der Waals surface area contributed by atoms with E-state index in [1.807, 2.05) is 0 Å². The average Bonchev–Trinajstić information content (AvgIpc) is 2.14. The Morgan fingerprint density at radius 3 is 2.38 bits per heavy atom. The number of nitrogens with one attached hydrogen (secondary N) is 1. The summed E-state index contributed by atoms with van der Waals surface area (Å²) in [6.45, 7) is 6.33. The van der Waals surface area contributed by atoms with Crippen molar-refractivity contribution >= 4 is 10.8 Å². The molecule has 0 aromatic heterocycles. The van der Waals surface area contributed by atoms with E-state index in [9.17, 15) is 4.21 Å². The summed E-state index contributed by atoms with van der Waals surface area (Å²) in [6, 6.07) is 7.16. The van der Waals surface area contributed by atoms with Crippen LogP contribution in [-0.4, -0.2) is 21.8 Å². The number of hydrogen-bond donors (Lipinski definition) is 1. The fourth-order valence-corrected chi connectivity index (χ4v) is 3.83. The van der Waals surface area contributed by atoms with Crippen molar-refractivity contribution in [3.8, 4) is 0 Å². The van der Waals surface area contributed by atoms with E-state index in [1.54, 1.807) is 0 Å². The lowest BCUT2D eigenvalue weighted by molar-refractivity contribution is 0.489. The SMILES string of the molecule is Cc1cc(C)cc(C2CS(=O)CC(C)N2)c1. The van der Waals surface area contributed by atoms with Gasteiger partial charge in [-0.3, -0.25) is 4.21 Å². The van der Waals surface area contributed by atoms with Gasteiger partial charge < -0.3 is 5.32 Å². The maximum absolute atomic E-state index is 11.7. The quantitative estimate of drug-likeness (QED) is 0.810. The molecule has 3 unspecified atom stereocenters. The zero-order valence-electron chi connectivity index (χ0n) is 10.1. The van der Waals surface area contributed by atoms with Gasteiger partial charge in [0, 0.05) is 34.4 Å². The summed E-state index contributed by atoms with van der Waals surface area (Å²) >= 11 is 0. The molecular weight excluding hydrogens is 218 g/mol. The number of aryl methyl sites for hydroxylation is 2. The molecule has 1 heterocycles. The minimum absolute atomic E-state index is 0.253. The summed E-state index contributed by atoms with van der Waals surface area (Å²) in [5.74, 6) is 1.52. The third-order valence-electron chi connectivity index (χ3n) is 2.92. The third kappa shape index (κ3) is 2.71. The van der Waals surface area contributed by atoms with Gasteiger partial charge >= 0.3 is 0 Å². The molecule has 1 aromatic rings. The van der Waals surface area contributed by atoms with E-state index in [2.05, 4.69) is 44.3 Å².